The van der Waals surface area contributed by atoms with E-state index in [0.717, 1.165) is 24.8 Å². The number of hydrogen-bond donors (Lipinski definition) is 2. The summed E-state index contributed by atoms with van der Waals surface area (Å²) in [6, 6.07) is 9.57. The van der Waals surface area contributed by atoms with E-state index in [1.165, 1.54) is 0 Å². The van der Waals surface area contributed by atoms with Gasteiger partial charge in [0.1, 0.15) is 4.32 Å². The molecule has 1 aliphatic rings. The summed E-state index contributed by atoms with van der Waals surface area (Å²) in [6.45, 7) is 1.85. The normalized spacial score (nSPS) is 20.2. The Bertz CT molecular complexity index is 431. The van der Waals surface area contributed by atoms with Crippen molar-refractivity contribution >= 4 is 21.8 Å². The number of amides is 1. The number of nitrogens with one attached hydrogen (secondary N) is 1. The smallest absolute Gasteiger partial charge is 0.237 e. The van der Waals surface area contributed by atoms with Crippen LogP contribution < -0.4 is 5.32 Å². The SMILES string of the molecule is CC(NC(=O)C1(Br)CCC1)C(O)Cc1ccccc1. The minimum atomic E-state index is -0.567. The molecule has 19 heavy (non-hydrogen) atoms. The van der Waals surface area contributed by atoms with Crippen LogP contribution in [0.25, 0.3) is 0 Å². The monoisotopic (exact) mass is 325 g/mol. The first-order chi connectivity index (χ1) is 9.01. The fraction of sp³-hybridized carbons (Fsp3) is 0.533. The molecule has 1 amide bonds. The molecular weight excluding hydrogens is 306 g/mol. The van der Waals surface area contributed by atoms with E-state index in [1.807, 2.05) is 37.3 Å². The van der Waals surface area contributed by atoms with Gasteiger partial charge >= 0.3 is 0 Å². The molecule has 1 fully saturated rings. The van der Waals surface area contributed by atoms with Crippen molar-refractivity contribution in [3.63, 3.8) is 0 Å². The topological polar surface area (TPSA) is 49.3 Å². The van der Waals surface area contributed by atoms with Crippen LogP contribution in [0.15, 0.2) is 30.3 Å². The summed E-state index contributed by atoms with van der Waals surface area (Å²) in [5.74, 6) is -0.00152. The second-order valence-corrected chi connectivity index (χ2v) is 6.86. The van der Waals surface area contributed by atoms with Gasteiger partial charge in [-0.25, -0.2) is 0 Å². The van der Waals surface area contributed by atoms with E-state index in [1.54, 1.807) is 0 Å². The van der Waals surface area contributed by atoms with E-state index in [2.05, 4.69) is 21.2 Å². The predicted octanol–water partition coefficient (Wildman–Crippen LogP) is 2.41. The van der Waals surface area contributed by atoms with Crippen LogP contribution in [0, 0.1) is 0 Å². The summed E-state index contributed by atoms with van der Waals surface area (Å²) in [5.41, 5.74) is 1.08. The summed E-state index contributed by atoms with van der Waals surface area (Å²) in [4.78, 5) is 12.0. The number of aliphatic hydroxyl groups excluding tert-OH is 1. The zero-order chi connectivity index (χ0) is 13.9. The van der Waals surface area contributed by atoms with Gasteiger partial charge in [0.25, 0.3) is 0 Å². The molecule has 0 aromatic heterocycles. The van der Waals surface area contributed by atoms with Crippen molar-refractivity contribution in [3.8, 4) is 0 Å². The predicted molar refractivity (Wildman–Crippen MR) is 79.3 cm³/mol. The summed E-state index contributed by atoms with van der Waals surface area (Å²) in [6.07, 6.45) is 2.82. The third-order valence-corrected chi connectivity index (χ3v) is 4.93. The minimum Gasteiger partial charge on any atom is -0.391 e. The van der Waals surface area contributed by atoms with E-state index >= 15 is 0 Å². The van der Waals surface area contributed by atoms with Crippen molar-refractivity contribution in [3.05, 3.63) is 35.9 Å². The molecule has 2 unspecified atom stereocenters. The molecule has 0 radical (unpaired) electrons. The fourth-order valence-electron chi connectivity index (χ4n) is 2.18. The lowest BCUT2D eigenvalue weighted by atomic mass is 9.84. The zero-order valence-corrected chi connectivity index (χ0v) is 12.7. The van der Waals surface area contributed by atoms with Gasteiger partial charge in [0.05, 0.1) is 12.1 Å². The molecule has 2 N–H and O–H groups in total. The molecule has 0 aliphatic heterocycles. The Kier molecular flexibility index (Phi) is 4.63. The molecule has 4 heteroatoms. The molecule has 0 spiro atoms. The van der Waals surface area contributed by atoms with E-state index in [9.17, 15) is 9.90 Å². The highest BCUT2D eigenvalue weighted by Crippen LogP contribution is 2.40. The third kappa shape index (κ3) is 3.57. The number of carbonyl (C=O) groups excluding carboxylic acids is 1. The summed E-state index contributed by atoms with van der Waals surface area (Å²) in [5, 5.41) is 13.1. The van der Waals surface area contributed by atoms with Crippen LogP contribution in [0.5, 0.6) is 0 Å². The van der Waals surface area contributed by atoms with Gasteiger partial charge < -0.3 is 10.4 Å². The molecule has 104 valence electrons. The number of halogens is 1. The van der Waals surface area contributed by atoms with Crippen LogP contribution in [0.2, 0.25) is 0 Å². The van der Waals surface area contributed by atoms with Gasteiger partial charge in [0.2, 0.25) is 5.91 Å². The van der Waals surface area contributed by atoms with E-state index in [0.29, 0.717) is 6.42 Å². The highest BCUT2D eigenvalue weighted by Gasteiger charge is 2.42. The van der Waals surface area contributed by atoms with Crippen LogP contribution in [-0.2, 0) is 11.2 Å². The Labute approximate surface area is 122 Å². The first kappa shape index (κ1) is 14.5. The van der Waals surface area contributed by atoms with E-state index in [-0.39, 0.29) is 11.9 Å². The molecule has 0 saturated heterocycles. The van der Waals surface area contributed by atoms with Crippen LogP contribution in [-0.4, -0.2) is 27.5 Å². The second-order valence-electron chi connectivity index (χ2n) is 5.34. The average molecular weight is 326 g/mol. The van der Waals surface area contributed by atoms with Gasteiger partial charge in [0.15, 0.2) is 0 Å². The summed E-state index contributed by atoms with van der Waals surface area (Å²) < 4.78 is -0.395. The maximum absolute atomic E-state index is 12.0. The van der Waals surface area contributed by atoms with Gasteiger partial charge in [0, 0.05) is 6.42 Å². The highest BCUT2D eigenvalue weighted by molar-refractivity contribution is 9.10. The molecule has 3 nitrogen and oxygen atoms in total. The van der Waals surface area contributed by atoms with Crippen molar-refractivity contribution in [2.45, 2.75) is 49.1 Å². The number of alkyl halides is 1. The van der Waals surface area contributed by atoms with Gasteiger partial charge in [-0.1, -0.05) is 46.3 Å². The molecule has 1 saturated carbocycles. The third-order valence-electron chi connectivity index (χ3n) is 3.78. The Morgan fingerprint density at radius 3 is 2.58 bits per heavy atom. The lowest BCUT2D eigenvalue weighted by molar-refractivity contribution is -0.126. The first-order valence-corrected chi connectivity index (χ1v) is 7.52. The van der Waals surface area contributed by atoms with Crippen molar-refractivity contribution in [2.75, 3.05) is 0 Å². The maximum atomic E-state index is 12.0. The number of hydrogen-bond acceptors (Lipinski definition) is 2. The van der Waals surface area contributed by atoms with Gasteiger partial charge in [-0.3, -0.25) is 4.79 Å². The Hall–Kier alpha value is -0.870. The lowest BCUT2D eigenvalue weighted by Crippen LogP contribution is -2.52. The molecular formula is C15H20BrNO2. The van der Waals surface area contributed by atoms with Crippen molar-refractivity contribution in [1.29, 1.82) is 0 Å². The Morgan fingerprint density at radius 1 is 1.42 bits per heavy atom. The second kappa shape index (κ2) is 6.06. The molecule has 1 aromatic carbocycles. The van der Waals surface area contributed by atoms with Crippen molar-refractivity contribution < 1.29 is 9.90 Å². The first-order valence-electron chi connectivity index (χ1n) is 6.73. The highest BCUT2D eigenvalue weighted by atomic mass is 79.9. The quantitative estimate of drug-likeness (QED) is 0.817. The summed E-state index contributed by atoms with van der Waals surface area (Å²) in [7, 11) is 0. The minimum absolute atomic E-state index is 0.00152. The molecule has 0 heterocycles. The number of benzene rings is 1. The van der Waals surface area contributed by atoms with Gasteiger partial charge in [-0.2, -0.15) is 0 Å². The standard InChI is InChI=1S/C15H20BrNO2/c1-11(17-14(19)15(16)8-5-9-15)13(18)10-12-6-3-2-4-7-12/h2-4,6-7,11,13,18H,5,8-10H2,1H3,(H,17,19). The van der Waals surface area contributed by atoms with Crippen LogP contribution in [0.4, 0.5) is 0 Å². The average Bonchev–Trinajstić information content (AvgIpc) is 2.36. The van der Waals surface area contributed by atoms with Gasteiger partial charge in [-0.05, 0) is 31.7 Å². The molecule has 1 aliphatic carbocycles. The fourth-order valence-corrected chi connectivity index (χ4v) is 2.85. The molecule has 0 bridgehead atoms. The zero-order valence-electron chi connectivity index (χ0n) is 11.1. The Morgan fingerprint density at radius 2 is 2.05 bits per heavy atom. The lowest BCUT2D eigenvalue weighted by Gasteiger charge is -2.36. The Balaban J connectivity index is 1.85. The number of carbonyl (C=O) groups is 1. The number of aliphatic hydroxyl groups is 1. The molecule has 2 rings (SSSR count). The molecule has 1 aromatic rings. The summed E-state index contributed by atoms with van der Waals surface area (Å²) >= 11 is 3.48. The van der Waals surface area contributed by atoms with Crippen LogP contribution >= 0.6 is 15.9 Å². The van der Waals surface area contributed by atoms with E-state index < -0.39 is 10.4 Å². The molecule has 2 atom stereocenters. The maximum Gasteiger partial charge on any atom is 0.237 e. The van der Waals surface area contributed by atoms with Crippen molar-refractivity contribution in [2.24, 2.45) is 0 Å². The number of rotatable bonds is 5. The van der Waals surface area contributed by atoms with Crippen LogP contribution in [0.3, 0.4) is 0 Å². The van der Waals surface area contributed by atoms with Crippen LogP contribution in [0.1, 0.15) is 31.7 Å². The van der Waals surface area contributed by atoms with Crippen molar-refractivity contribution in [1.82, 2.24) is 5.32 Å². The van der Waals surface area contributed by atoms with Gasteiger partial charge in [-0.15, -0.1) is 0 Å². The van der Waals surface area contributed by atoms with E-state index in [4.69, 9.17) is 0 Å². The largest absolute Gasteiger partial charge is 0.391 e.